The number of aromatic nitrogens is 5. The maximum atomic E-state index is 13.1. The zero-order valence-corrected chi connectivity index (χ0v) is 17.5. The molecule has 166 valence electrons. The van der Waals surface area contributed by atoms with E-state index in [2.05, 4.69) is 36.8 Å². The highest BCUT2D eigenvalue weighted by molar-refractivity contribution is 5.98. The van der Waals surface area contributed by atoms with Crippen LogP contribution in [0.5, 0.6) is 0 Å². The van der Waals surface area contributed by atoms with E-state index in [9.17, 15) is 9.59 Å². The van der Waals surface area contributed by atoms with E-state index in [0.717, 1.165) is 5.52 Å². The number of hydrogen-bond donors (Lipinski definition) is 3. The van der Waals surface area contributed by atoms with Crippen molar-refractivity contribution in [3.05, 3.63) is 48.2 Å². The largest absolute Gasteiger partial charge is 0.364 e. The number of anilines is 2. The van der Waals surface area contributed by atoms with Crippen LogP contribution in [0.4, 0.5) is 11.6 Å². The molecule has 3 aromatic heterocycles. The lowest BCUT2D eigenvalue weighted by molar-refractivity contribution is -0.114. The Morgan fingerprint density at radius 2 is 2.03 bits per heavy atom. The number of benzene rings is 1. The molecule has 0 radical (unpaired) electrons. The summed E-state index contributed by atoms with van der Waals surface area (Å²) in [5, 5.41) is 13.5. The summed E-state index contributed by atoms with van der Waals surface area (Å²) in [6, 6.07) is 10.6. The molecule has 4 aromatic rings. The molecule has 33 heavy (non-hydrogen) atoms. The van der Waals surface area contributed by atoms with Crippen LogP contribution < -0.4 is 16.4 Å². The van der Waals surface area contributed by atoms with Gasteiger partial charge in [-0.05, 0) is 34.6 Å². The summed E-state index contributed by atoms with van der Waals surface area (Å²) in [6.45, 7) is 0.299. The number of carbonyl (C=O) groups is 2. The van der Waals surface area contributed by atoms with Crippen molar-refractivity contribution in [1.29, 1.82) is 0 Å². The van der Waals surface area contributed by atoms with Crippen molar-refractivity contribution in [3.8, 4) is 23.9 Å². The molecule has 3 heterocycles. The van der Waals surface area contributed by atoms with E-state index in [4.69, 9.17) is 16.8 Å². The van der Waals surface area contributed by atoms with E-state index in [0.29, 0.717) is 47.2 Å². The van der Waals surface area contributed by atoms with Crippen LogP contribution in [-0.2, 0) is 11.3 Å². The summed E-state index contributed by atoms with van der Waals surface area (Å²) in [5.41, 5.74) is 7.46. The van der Waals surface area contributed by atoms with Crippen LogP contribution in [0.15, 0.2) is 47.2 Å². The summed E-state index contributed by atoms with van der Waals surface area (Å²) >= 11 is 0. The summed E-state index contributed by atoms with van der Waals surface area (Å²) in [6.07, 6.45) is 7.20. The first-order valence-electron chi connectivity index (χ1n) is 10.1. The predicted octanol–water partition coefficient (Wildman–Crippen LogP) is 1.70. The highest BCUT2D eigenvalue weighted by atomic mass is 16.6. The standard InChI is InChI=1S/C22H20N8O3/c1-2-3-10-24-21-20(28-33-29-21)22-26-15-6-4-5-7-16(15)30(22)13-17(31)14-8-9-18(25-12-14)27-19(32)11-23/h1,4-9,12H,3,10-11,13,23H2,(H,24,29)(H,25,27,32). The molecule has 4 N–H and O–H groups in total. The molecule has 0 fully saturated rings. The Labute approximate surface area is 188 Å². The number of fused-ring (bicyclic) bond motifs is 1. The van der Waals surface area contributed by atoms with Crippen LogP contribution in [0.2, 0.25) is 0 Å². The molecule has 0 aliphatic heterocycles. The number of nitrogens with zero attached hydrogens (tertiary/aromatic N) is 5. The van der Waals surface area contributed by atoms with Gasteiger partial charge in [0.05, 0.1) is 24.1 Å². The van der Waals surface area contributed by atoms with Crippen molar-refractivity contribution >= 4 is 34.4 Å². The first kappa shape index (κ1) is 21.7. The number of imidazole rings is 1. The van der Waals surface area contributed by atoms with Gasteiger partial charge in [-0.15, -0.1) is 12.3 Å². The van der Waals surface area contributed by atoms with Gasteiger partial charge in [-0.25, -0.2) is 14.6 Å². The molecule has 0 atom stereocenters. The fourth-order valence-corrected chi connectivity index (χ4v) is 3.18. The van der Waals surface area contributed by atoms with E-state index in [-0.39, 0.29) is 24.8 Å². The van der Waals surface area contributed by atoms with E-state index < -0.39 is 0 Å². The van der Waals surface area contributed by atoms with E-state index in [1.807, 2.05) is 24.3 Å². The molecule has 11 heteroatoms. The number of carbonyl (C=O) groups excluding carboxylic acids is 2. The molecule has 0 unspecified atom stereocenters. The second-order valence-corrected chi connectivity index (χ2v) is 6.96. The van der Waals surface area contributed by atoms with Crippen molar-refractivity contribution in [2.24, 2.45) is 5.73 Å². The Kier molecular flexibility index (Phi) is 6.38. The monoisotopic (exact) mass is 444 g/mol. The van der Waals surface area contributed by atoms with Crippen molar-refractivity contribution < 1.29 is 14.2 Å². The molecule has 0 aliphatic rings. The highest BCUT2D eigenvalue weighted by Crippen LogP contribution is 2.28. The van der Waals surface area contributed by atoms with E-state index in [1.54, 1.807) is 16.7 Å². The summed E-state index contributed by atoms with van der Waals surface area (Å²) in [7, 11) is 0. The maximum absolute atomic E-state index is 13.1. The third kappa shape index (κ3) is 4.70. The molecule has 0 saturated carbocycles. The fourth-order valence-electron chi connectivity index (χ4n) is 3.18. The zero-order chi connectivity index (χ0) is 23.2. The Hall–Kier alpha value is -4.56. The molecule has 0 bridgehead atoms. The SMILES string of the molecule is C#CCCNc1nonc1-c1nc2ccccc2n1CC(=O)c1ccc(NC(=O)CN)nc1. The topological polar surface area (TPSA) is 154 Å². The minimum absolute atomic E-state index is 0.0251. The lowest BCUT2D eigenvalue weighted by Gasteiger charge is -2.09. The van der Waals surface area contributed by atoms with Crippen molar-refractivity contribution in [2.75, 3.05) is 23.7 Å². The highest BCUT2D eigenvalue weighted by Gasteiger charge is 2.22. The van der Waals surface area contributed by atoms with E-state index in [1.165, 1.54) is 6.20 Å². The smallest absolute Gasteiger partial charge is 0.239 e. The van der Waals surface area contributed by atoms with Crippen LogP contribution in [-0.4, -0.2) is 49.6 Å². The van der Waals surface area contributed by atoms with Gasteiger partial charge < -0.3 is 20.9 Å². The van der Waals surface area contributed by atoms with Gasteiger partial charge in [-0.1, -0.05) is 12.1 Å². The lowest BCUT2D eigenvalue weighted by atomic mass is 10.2. The third-order valence-electron chi connectivity index (χ3n) is 4.76. The number of nitrogens with two attached hydrogens (primary N) is 1. The summed E-state index contributed by atoms with van der Waals surface area (Å²) in [5.74, 6) is 3.09. The quantitative estimate of drug-likeness (QED) is 0.199. The van der Waals surface area contributed by atoms with Crippen molar-refractivity contribution in [1.82, 2.24) is 24.8 Å². The molecule has 11 nitrogen and oxygen atoms in total. The van der Waals surface area contributed by atoms with Crippen LogP contribution >= 0.6 is 0 Å². The van der Waals surface area contributed by atoms with Crippen LogP contribution in [0.3, 0.4) is 0 Å². The fraction of sp³-hybridized carbons (Fsp3) is 0.182. The maximum Gasteiger partial charge on any atom is 0.239 e. The van der Waals surface area contributed by atoms with Gasteiger partial charge in [0.1, 0.15) is 5.82 Å². The van der Waals surface area contributed by atoms with Gasteiger partial charge in [-0.2, -0.15) is 0 Å². The number of nitrogens with one attached hydrogen (secondary N) is 2. The number of amides is 1. The van der Waals surface area contributed by atoms with Gasteiger partial charge in [0.2, 0.25) is 11.7 Å². The average molecular weight is 444 g/mol. The summed E-state index contributed by atoms with van der Waals surface area (Å²) in [4.78, 5) is 33.2. The number of Topliss-reactive ketones (excluding diaryl/α,β-unsaturated/α-hetero) is 1. The Morgan fingerprint density at radius 3 is 2.79 bits per heavy atom. The van der Waals surface area contributed by atoms with E-state index >= 15 is 0 Å². The predicted molar refractivity (Wildman–Crippen MR) is 121 cm³/mol. The normalized spacial score (nSPS) is 10.7. The molecule has 0 spiro atoms. The van der Waals surface area contributed by atoms with Crippen LogP contribution in [0.25, 0.3) is 22.6 Å². The van der Waals surface area contributed by atoms with Crippen LogP contribution in [0.1, 0.15) is 16.8 Å². The number of para-hydroxylation sites is 2. The number of hydrogen-bond acceptors (Lipinski definition) is 9. The first-order valence-corrected chi connectivity index (χ1v) is 10.1. The van der Waals surface area contributed by atoms with Gasteiger partial charge in [0.25, 0.3) is 0 Å². The number of terminal acetylenes is 1. The Balaban J connectivity index is 1.64. The second-order valence-electron chi connectivity index (χ2n) is 6.96. The minimum Gasteiger partial charge on any atom is -0.364 e. The Morgan fingerprint density at radius 1 is 1.18 bits per heavy atom. The zero-order valence-electron chi connectivity index (χ0n) is 17.5. The van der Waals surface area contributed by atoms with Gasteiger partial charge in [0, 0.05) is 24.7 Å². The molecule has 4 rings (SSSR count). The minimum atomic E-state index is -0.371. The van der Waals surface area contributed by atoms with Crippen molar-refractivity contribution in [2.45, 2.75) is 13.0 Å². The molecule has 1 amide bonds. The Bertz CT molecular complexity index is 1330. The first-order chi connectivity index (χ1) is 16.1. The molecule has 0 saturated heterocycles. The third-order valence-corrected chi connectivity index (χ3v) is 4.76. The van der Waals surface area contributed by atoms with Gasteiger partial charge in [0.15, 0.2) is 17.3 Å². The van der Waals surface area contributed by atoms with Crippen LogP contribution in [0, 0.1) is 12.3 Å². The lowest BCUT2D eigenvalue weighted by Crippen LogP contribution is -2.22. The molecule has 1 aromatic carbocycles. The molecule has 0 aliphatic carbocycles. The van der Waals surface area contributed by atoms with Gasteiger partial charge >= 0.3 is 0 Å². The van der Waals surface area contributed by atoms with Gasteiger partial charge in [-0.3, -0.25) is 9.59 Å². The summed E-state index contributed by atoms with van der Waals surface area (Å²) < 4.78 is 6.66. The number of rotatable bonds is 9. The molecular formula is C22H20N8O3. The van der Waals surface area contributed by atoms with Crippen molar-refractivity contribution in [3.63, 3.8) is 0 Å². The average Bonchev–Trinajstić information content (AvgIpc) is 3.44. The number of ketones is 1. The second kappa shape index (κ2) is 9.71. The number of pyridine rings is 1. The molecular weight excluding hydrogens is 424 g/mol.